The van der Waals surface area contributed by atoms with Gasteiger partial charge in [-0.05, 0) is 67.3 Å². The van der Waals surface area contributed by atoms with Crippen LogP contribution < -0.4 is 0 Å². The summed E-state index contributed by atoms with van der Waals surface area (Å²) in [5.74, 6) is -0.182. The van der Waals surface area contributed by atoms with Gasteiger partial charge in [-0.1, -0.05) is 12.1 Å². The van der Waals surface area contributed by atoms with Gasteiger partial charge in [0.25, 0.3) is 0 Å². The molecule has 1 aliphatic heterocycles. The summed E-state index contributed by atoms with van der Waals surface area (Å²) in [6.07, 6.45) is 3.95. The van der Waals surface area contributed by atoms with E-state index < -0.39 is 0 Å². The Morgan fingerprint density at radius 3 is 2.81 bits per heavy atom. The smallest absolute Gasteiger partial charge is 0.126 e. The van der Waals surface area contributed by atoms with Gasteiger partial charge in [0.2, 0.25) is 0 Å². The van der Waals surface area contributed by atoms with Crippen molar-refractivity contribution in [3.05, 3.63) is 71.8 Å². The zero-order chi connectivity index (χ0) is 17.7. The number of aryl methyl sites for hydroxylation is 2. The summed E-state index contributed by atoms with van der Waals surface area (Å²) in [5, 5.41) is 5.98. The fourth-order valence-electron chi connectivity index (χ4n) is 3.86. The number of nitrogens with zero attached hydrogens (tertiary/aromatic N) is 3. The van der Waals surface area contributed by atoms with Crippen molar-refractivity contribution in [2.75, 3.05) is 0 Å². The van der Waals surface area contributed by atoms with Gasteiger partial charge < -0.3 is 0 Å². The molecule has 5 rings (SSSR count). The van der Waals surface area contributed by atoms with Crippen LogP contribution in [-0.2, 0) is 13.0 Å². The number of rotatable bonds is 2. The van der Waals surface area contributed by atoms with E-state index in [1.807, 2.05) is 24.4 Å². The minimum Gasteiger partial charge on any atom is -0.268 e. The fraction of sp³-hybridized carbons (Fsp3) is 0.182. The van der Waals surface area contributed by atoms with Crippen LogP contribution in [0.2, 0.25) is 0 Å². The van der Waals surface area contributed by atoms with E-state index in [4.69, 9.17) is 5.10 Å². The summed E-state index contributed by atoms with van der Waals surface area (Å²) < 4.78 is 15.8. The molecule has 0 spiro atoms. The Morgan fingerprint density at radius 2 is 1.92 bits per heavy atom. The Labute approximate surface area is 151 Å². The van der Waals surface area contributed by atoms with Crippen molar-refractivity contribution >= 4 is 10.9 Å². The molecule has 3 nitrogen and oxygen atoms in total. The molecule has 1 aliphatic rings. The SMILES string of the molecule is Cc1cc(-c2nn3c(c2-c2ccc4ncccc4c2)CCC3)ccc1F. The second kappa shape index (κ2) is 5.77. The molecular weight excluding hydrogens is 325 g/mol. The Balaban J connectivity index is 1.75. The van der Waals surface area contributed by atoms with Gasteiger partial charge >= 0.3 is 0 Å². The summed E-state index contributed by atoms with van der Waals surface area (Å²) in [6.45, 7) is 2.74. The normalized spacial score (nSPS) is 13.3. The summed E-state index contributed by atoms with van der Waals surface area (Å²) >= 11 is 0. The number of fused-ring (bicyclic) bond motifs is 2. The molecule has 26 heavy (non-hydrogen) atoms. The van der Waals surface area contributed by atoms with Crippen molar-refractivity contribution in [2.24, 2.45) is 0 Å². The summed E-state index contributed by atoms with van der Waals surface area (Å²) in [7, 11) is 0. The van der Waals surface area contributed by atoms with Crippen LogP contribution in [0.25, 0.3) is 33.3 Å². The molecule has 0 saturated heterocycles. The number of halogens is 1. The predicted octanol–water partition coefficient (Wildman–Crippen LogP) is 5.16. The van der Waals surface area contributed by atoms with Crippen LogP contribution in [0.1, 0.15) is 17.7 Å². The van der Waals surface area contributed by atoms with Crippen molar-refractivity contribution in [1.29, 1.82) is 0 Å². The first-order chi connectivity index (χ1) is 12.7. The molecule has 2 aromatic carbocycles. The lowest BCUT2D eigenvalue weighted by Gasteiger charge is -2.08. The first kappa shape index (κ1) is 15.3. The maximum absolute atomic E-state index is 13.7. The molecule has 0 bridgehead atoms. The Morgan fingerprint density at radius 1 is 1.04 bits per heavy atom. The molecule has 4 heteroatoms. The molecule has 0 unspecified atom stereocenters. The second-order valence-corrected chi connectivity index (χ2v) is 6.87. The highest BCUT2D eigenvalue weighted by atomic mass is 19.1. The van der Waals surface area contributed by atoms with Crippen LogP contribution >= 0.6 is 0 Å². The fourth-order valence-corrected chi connectivity index (χ4v) is 3.86. The molecule has 0 amide bonds. The highest BCUT2D eigenvalue weighted by Gasteiger charge is 2.24. The lowest BCUT2D eigenvalue weighted by Crippen LogP contribution is -1.94. The molecule has 128 valence electrons. The van der Waals surface area contributed by atoms with Crippen LogP contribution in [0.15, 0.2) is 54.7 Å². The maximum Gasteiger partial charge on any atom is 0.126 e. The van der Waals surface area contributed by atoms with Crippen LogP contribution in [-0.4, -0.2) is 14.8 Å². The Kier molecular flexibility index (Phi) is 3.38. The van der Waals surface area contributed by atoms with Gasteiger partial charge in [0.1, 0.15) is 11.5 Å². The lowest BCUT2D eigenvalue weighted by atomic mass is 9.96. The standard InChI is InChI=1S/C22H18FN3/c1-14-12-17(6-8-18(14)23)22-21(20-5-3-11-26(20)25-22)16-7-9-19-15(13-16)4-2-10-24-19/h2,4,6-10,12-13H,3,5,11H2,1H3. The average molecular weight is 343 g/mol. The molecule has 0 N–H and O–H groups in total. The van der Waals surface area contributed by atoms with Crippen molar-refractivity contribution in [2.45, 2.75) is 26.3 Å². The maximum atomic E-state index is 13.7. The van der Waals surface area contributed by atoms with E-state index in [-0.39, 0.29) is 5.82 Å². The molecule has 4 aromatic rings. The van der Waals surface area contributed by atoms with Gasteiger partial charge in [-0.2, -0.15) is 5.10 Å². The van der Waals surface area contributed by atoms with Gasteiger partial charge in [0.05, 0.1) is 5.52 Å². The monoisotopic (exact) mass is 343 g/mol. The number of hydrogen-bond donors (Lipinski definition) is 0. The van der Waals surface area contributed by atoms with Gasteiger partial charge in [-0.15, -0.1) is 0 Å². The number of aromatic nitrogens is 3. The third-order valence-corrected chi connectivity index (χ3v) is 5.16. The first-order valence-electron chi connectivity index (χ1n) is 8.92. The van der Waals surface area contributed by atoms with Crippen LogP contribution in [0, 0.1) is 12.7 Å². The Bertz CT molecular complexity index is 1140. The molecule has 3 heterocycles. The second-order valence-electron chi connectivity index (χ2n) is 6.87. The molecular formula is C22H18FN3. The minimum atomic E-state index is -0.182. The third-order valence-electron chi connectivity index (χ3n) is 5.16. The minimum absolute atomic E-state index is 0.182. The van der Waals surface area contributed by atoms with Crippen LogP contribution in [0.5, 0.6) is 0 Å². The highest BCUT2D eigenvalue weighted by Crippen LogP contribution is 2.38. The van der Waals surface area contributed by atoms with Gasteiger partial charge in [-0.3, -0.25) is 9.67 Å². The molecule has 0 radical (unpaired) electrons. The average Bonchev–Trinajstić information content (AvgIpc) is 3.24. The summed E-state index contributed by atoms with van der Waals surface area (Å²) in [4.78, 5) is 4.42. The number of pyridine rings is 1. The first-order valence-corrected chi connectivity index (χ1v) is 8.92. The van der Waals surface area contributed by atoms with Crippen LogP contribution in [0.4, 0.5) is 4.39 Å². The summed E-state index contributed by atoms with van der Waals surface area (Å²) in [6, 6.07) is 15.6. The topological polar surface area (TPSA) is 30.7 Å². The highest BCUT2D eigenvalue weighted by molar-refractivity contribution is 5.89. The van der Waals surface area contributed by atoms with Gasteiger partial charge in [0, 0.05) is 34.9 Å². The molecule has 0 fully saturated rings. The van der Waals surface area contributed by atoms with Crippen molar-refractivity contribution in [3.8, 4) is 22.4 Å². The van der Waals surface area contributed by atoms with Gasteiger partial charge in [-0.25, -0.2) is 4.39 Å². The lowest BCUT2D eigenvalue weighted by molar-refractivity contribution is 0.618. The summed E-state index contributed by atoms with van der Waals surface area (Å²) in [5.41, 5.74) is 7.11. The Hall–Kier alpha value is -3.01. The van der Waals surface area contributed by atoms with Crippen molar-refractivity contribution < 1.29 is 4.39 Å². The zero-order valence-corrected chi connectivity index (χ0v) is 14.5. The zero-order valence-electron chi connectivity index (χ0n) is 14.5. The van der Waals surface area contributed by atoms with E-state index in [1.54, 1.807) is 6.92 Å². The molecule has 0 saturated carbocycles. The number of hydrogen-bond acceptors (Lipinski definition) is 2. The quantitative estimate of drug-likeness (QED) is 0.503. The van der Waals surface area contributed by atoms with E-state index in [0.29, 0.717) is 5.56 Å². The molecule has 0 aliphatic carbocycles. The molecule has 2 aromatic heterocycles. The van der Waals surface area contributed by atoms with E-state index in [1.165, 1.54) is 17.3 Å². The number of benzene rings is 2. The van der Waals surface area contributed by atoms with E-state index in [0.717, 1.165) is 47.1 Å². The third kappa shape index (κ3) is 2.33. The van der Waals surface area contributed by atoms with Gasteiger partial charge in [0.15, 0.2) is 0 Å². The molecule has 0 atom stereocenters. The van der Waals surface area contributed by atoms with Crippen molar-refractivity contribution in [1.82, 2.24) is 14.8 Å². The predicted molar refractivity (Wildman–Crippen MR) is 101 cm³/mol. The van der Waals surface area contributed by atoms with Crippen molar-refractivity contribution in [3.63, 3.8) is 0 Å². The van der Waals surface area contributed by atoms with E-state index in [9.17, 15) is 4.39 Å². The van der Waals surface area contributed by atoms with E-state index in [2.05, 4.69) is 33.9 Å². The van der Waals surface area contributed by atoms with E-state index >= 15 is 0 Å². The van der Waals surface area contributed by atoms with Crippen LogP contribution in [0.3, 0.4) is 0 Å². The largest absolute Gasteiger partial charge is 0.268 e.